The van der Waals surface area contributed by atoms with Crippen LogP contribution in [0, 0.1) is 11.3 Å². The summed E-state index contributed by atoms with van der Waals surface area (Å²) < 4.78 is 6.32. The van der Waals surface area contributed by atoms with E-state index in [1.165, 1.54) is 0 Å². The molecule has 1 aromatic carbocycles. The number of anilines is 1. The van der Waals surface area contributed by atoms with Crippen LogP contribution in [-0.2, 0) is 0 Å². The van der Waals surface area contributed by atoms with Crippen molar-refractivity contribution >= 4 is 21.9 Å². The van der Waals surface area contributed by atoms with E-state index in [2.05, 4.69) is 44.2 Å². The van der Waals surface area contributed by atoms with E-state index < -0.39 is 0 Å². The van der Waals surface area contributed by atoms with Crippen molar-refractivity contribution in [2.45, 2.75) is 13.3 Å². The zero-order chi connectivity index (χ0) is 14.4. The predicted molar refractivity (Wildman–Crippen MR) is 79.7 cm³/mol. The van der Waals surface area contributed by atoms with Crippen LogP contribution in [0.2, 0.25) is 0 Å². The zero-order valence-electron chi connectivity index (χ0n) is 10.9. The minimum Gasteiger partial charge on any atom is -0.436 e. The van der Waals surface area contributed by atoms with Gasteiger partial charge in [0.1, 0.15) is 11.8 Å². The summed E-state index contributed by atoms with van der Waals surface area (Å²) in [5.74, 6) is 1.34. The van der Waals surface area contributed by atoms with Crippen LogP contribution in [0.3, 0.4) is 0 Å². The molecule has 1 heterocycles. The number of nitrogens with one attached hydrogen (secondary N) is 1. The van der Waals surface area contributed by atoms with Crippen LogP contribution in [0.25, 0.3) is 0 Å². The molecule has 0 aliphatic carbocycles. The average molecular weight is 333 g/mol. The van der Waals surface area contributed by atoms with E-state index in [1.807, 2.05) is 6.07 Å². The molecule has 0 aliphatic heterocycles. The number of para-hydroxylation sites is 1. The van der Waals surface area contributed by atoms with Crippen molar-refractivity contribution < 1.29 is 4.74 Å². The van der Waals surface area contributed by atoms with E-state index in [0.29, 0.717) is 27.6 Å². The maximum absolute atomic E-state index is 9.05. The number of halogens is 1. The molecule has 0 aliphatic rings. The van der Waals surface area contributed by atoms with Gasteiger partial charge in [0.15, 0.2) is 0 Å². The number of hydrogen-bond acceptors (Lipinski definition) is 5. The Morgan fingerprint density at radius 2 is 2.20 bits per heavy atom. The topological polar surface area (TPSA) is 70.8 Å². The normalized spacial score (nSPS) is 9.85. The smallest absolute Gasteiger partial charge is 0.238 e. The number of nitriles is 1. The van der Waals surface area contributed by atoms with E-state index >= 15 is 0 Å². The molecule has 1 N–H and O–H groups in total. The van der Waals surface area contributed by atoms with Crippen LogP contribution >= 0.6 is 15.9 Å². The van der Waals surface area contributed by atoms with E-state index in [0.717, 1.165) is 13.0 Å². The Morgan fingerprint density at radius 1 is 1.40 bits per heavy atom. The molecule has 1 aromatic heterocycles. The maximum Gasteiger partial charge on any atom is 0.238 e. The van der Waals surface area contributed by atoms with Gasteiger partial charge in [0.25, 0.3) is 0 Å². The molecule has 20 heavy (non-hydrogen) atoms. The highest BCUT2D eigenvalue weighted by Crippen LogP contribution is 2.29. The second kappa shape index (κ2) is 6.87. The molecular weight excluding hydrogens is 320 g/mol. The summed E-state index contributed by atoms with van der Waals surface area (Å²) in [6, 6.07) is 9.10. The van der Waals surface area contributed by atoms with Crippen molar-refractivity contribution in [1.29, 1.82) is 5.26 Å². The number of hydrogen-bond donors (Lipinski definition) is 1. The molecule has 0 saturated carbocycles. The SMILES string of the molecule is CCCNc1ncc(Br)c(Oc2ccccc2C#N)n1. The van der Waals surface area contributed by atoms with Gasteiger partial charge in [-0.05, 0) is 34.5 Å². The highest BCUT2D eigenvalue weighted by Gasteiger charge is 2.10. The fourth-order valence-electron chi connectivity index (χ4n) is 1.50. The Hall–Kier alpha value is -2.13. The third-order valence-electron chi connectivity index (χ3n) is 2.46. The van der Waals surface area contributed by atoms with Gasteiger partial charge in [-0.25, -0.2) is 4.98 Å². The van der Waals surface area contributed by atoms with Gasteiger partial charge in [-0.1, -0.05) is 19.1 Å². The molecule has 0 saturated heterocycles. The Morgan fingerprint density at radius 3 is 2.95 bits per heavy atom. The monoisotopic (exact) mass is 332 g/mol. The van der Waals surface area contributed by atoms with Crippen molar-refractivity contribution in [3.8, 4) is 17.7 Å². The minimum atomic E-state index is 0.376. The summed E-state index contributed by atoms with van der Waals surface area (Å²) >= 11 is 3.34. The Bertz CT molecular complexity index is 639. The second-order valence-electron chi connectivity index (χ2n) is 3.98. The third-order valence-corrected chi connectivity index (χ3v) is 3.00. The van der Waals surface area contributed by atoms with Crippen molar-refractivity contribution in [3.63, 3.8) is 0 Å². The molecular formula is C14H13BrN4O. The first-order chi connectivity index (χ1) is 9.74. The van der Waals surface area contributed by atoms with Gasteiger partial charge >= 0.3 is 0 Å². The summed E-state index contributed by atoms with van der Waals surface area (Å²) in [7, 11) is 0. The molecule has 2 rings (SSSR count). The van der Waals surface area contributed by atoms with Crippen LogP contribution in [0.4, 0.5) is 5.95 Å². The van der Waals surface area contributed by atoms with E-state index in [9.17, 15) is 0 Å². The highest BCUT2D eigenvalue weighted by atomic mass is 79.9. The van der Waals surface area contributed by atoms with Gasteiger partial charge in [-0.3, -0.25) is 0 Å². The average Bonchev–Trinajstić information content (AvgIpc) is 2.48. The molecule has 102 valence electrons. The summed E-state index contributed by atoms with van der Waals surface area (Å²) in [5.41, 5.74) is 0.459. The van der Waals surface area contributed by atoms with E-state index in [4.69, 9.17) is 10.00 Å². The number of ether oxygens (including phenoxy) is 1. The summed E-state index contributed by atoms with van der Waals surface area (Å²) in [6.07, 6.45) is 2.60. The van der Waals surface area contributed by atoms with Gasteiger partial charge in [-0.2, -0.15) is 10.2 Å². The van der Waals surface area contributed by atoms with Crippen LogP contribution in [0.5, 0.6) is 11.6 Å². The van der Waals surface area contributed by atoms with Crippen molar-refractivity contribution in [1.82, 2.24) is 9.97 Å². The summed E-state index contributed by atoms with van der Waals surface area (Å²) in [4.78, 5) is 8.43. The molecule has 0 bridgehead atoms. The van der Waals surface area contributed by atoms with Crippen molar-refractivity contribution in [2.24, 2.45) is 0 Å². The molecule has 6 heteroatoms. The van der Waals surface area contributed by atoms with Crippen LogP contribution in [0.15, 0.2) is 34.9 Å². The third kappa shape index (κ3) is 3.45. The van der Waals surface area contributed by atoms with Gasteiger partial charge in [-0.15, -0.1) is 0 Å². The van der Waals surface area contributed by atoms with Crippen LogP contribution in [-0.4, -0.2) is 16.5 Å². The van der Waals surface area contributed by atoms with E-state index in [-0.39, 0.29) is 0 Å². The lowest BCUT2D eigenvalue weighted by atomic mass is 10.2. The standard InChI is InChI=1S/C14H13BrN4O/c1-2-7-17-14-18-9-11(15)13(19-14)20-12-6-4-3-5-10(12)8-16/h3-6,9H,2,7H2,1H3,(H,17,18,19). The van der Waals surface area contributed by atoms with Gasteiger partial charge in [0.2, 0.25) is 11.8 Å². The molecule has 0 fully saturated rings. The number of benzene rings is 1. The molecule has 0 unspecified atom stereocenters. The molecule has 2 aromatic rings. The molecule has 0 spiro atoms. The van der Waals surface area contributed by atoms with Gasteiger partial charge in [0, 0.05) is 6.54 Å². The Labute approximate surface area is 125 Å². The first-order valence-electron chi connectivity index (χ1n) is 6.18. The van der Waals surface area contributed by atoms with Crippen molar-refractivity contribution in [2.75, 3.05) is 11.9 Å². The molecule has 5 nitrogen and oxygen atoms in total. The Kier molecular flexibility index (Phi) is 4.91. The summed E-state index contributed by atoms with van der Waals surface area (Å²) in [5, 5.41) is 12.1. The lowest BCUT2D eigenvalue weighted by Gasteiger charge is -2.09. The quantitative estimate of drug-likeness (QED) is 0.903. The minimum absolute atomic E-state index is 0.376. The molecule has 0 amide bonds. The number of rotatable bonds is 5. The largest absolute Gasteiger partial charge is 0.436 e. The fourth-order valence-corrected chi connectivity index (χ4v) is 1.77. The zero-order valence-corrected chi connectivity index (χ0v) is 12.5. The number of nitrogens with zero attached hydrogens (tertiary/aromatic N) is 3. The van der Waals surface area contributed by atoms with Gasteiger partial charge < -0.3 is 10.1 Å². The van der Waals surface area contributed by atoms with Crippen LogP contribution < -0.4 is 10.1 Å². The first-order valence-corrected chi connectivity index (χ1v) is 6.97. The van der Waals surface area contributed by atoms with E-state index in [1.54, 1.807) is 24.4 Å². The highest BCUT2D eigenvalue weighted by molar-refractivity contribution is 9.10. The number of aromatic nitrogens is 2. The van der Waals surface area contributed by atoms with Gasteiger partial charge in [0.05, 0.1) is 16.2 Å². The molecule has 0 radical (unpaired) electrons. The first kappa shape index (κ1) is 14.3. The molecule has 0 atom stereocenters. The maximum atomic E-state index is 9.05. The fraction of sp³-hybridized carbons (Fsp3) is 0.214. The van der Waals surface area contributed by atoms with Crippen LogP contribution in [0.1, 0.15) is 18.9 Å². The Balaban J connectivity index is 2.26. The summed E-state index contributed by atoms with van der Waals surface area (Å²) in [6.45, 7) is 2.85. The van der Waals surface area contributed by atoms with Crippen molar-refractivity contribution in [3.05, 3.63) is 40.5 Å². The lowest BCUT2D eigenvalue weighted by molar-refractivity contribution is 0.457. The second-order valence-corrected chi connectivity index (χ2v) is 4.84. The predicted octanol–water partition coefficient (Wildman–Crippen LogP) is 3.72. The lowest BCUT2D eigenvalue weighted by Crippen LogP contribution is -2.05.